The maximum atomic E-state index is 12.4. The van der Waals surface area contributed by atoms with Crippen LogP contribution in [0, 0.1) is 11.8 Å². The van der Waals surface area contributed by atoms with Gasteiger partial charge in [-0.1, -0.05) is 156 Å². The number of aliphatic hydroxyl groups excluding tert-OH is 1. The second-order valence-electron chi connectivity index (χ2n) is 14.2. The Balaban J connectivity index is 4.24. The van der Waals surface area contributed by atoms with Crippen LogP contribution in [-0.4, -0.2) is 62.8 Å². The Morgan fingerprint density at radius 1 is 0.479 bits per heavy atom. The van der Waals surface area contributed by atoms with Crippen LogP contribution in [0.4, 0.5) is 0 Å². The summed E-state index contributed by atoms with van der Waals surface area (Å²) in [6, 6.07) is 0. The average molecular weight is 685 g/mol. The van der Waals surface area contributed by atoms with Crippen LogP contribution in [0.15, 0.2) is 0 Å². The number of unbranched alkanes of at least 4 members (excludes halogenated alkanes) is 16. The predicted molar refractivity (Wildman–Crippen MR) is 199 cm³/mol. The van der Waals surface area contributed by atoms with Gasteiger partial charge in [-0.15, -0.1) is 0 Å². The SMILES string of the molecule is CCCCCCCCCC(CCCCC)COC(=O)CCOCC(CO)OCCC(=O)OCC(CCCCCC)CCCCCCCC. The minimum absolute atomic E-state index is 0.153. The Hall–Kier alpha value is -1.18. The molecule has 0 fully saturated rings. The van der Waals surface area contributed by atoms with E-state index in [4.69, 9.17) is 18.9 Å². The maximum Gasteiger partial charge on any atom is 0.308 e. The molecule has 0 aliphatic heterocycles. The summed E-state index contributed by atoms with van der Waals surface area (Å²) < 4.78 is 22.6. The summed E-state index contributed by atoms with van der Waals surface area (Å²) in [5.74, 6) is 0.379. The van der Waals surface area contributed by atoms with E-state index in [0.717, 1.165) is 25.7 Å². The monoisotopic (exact) mass is 685 g/mol. The molecule has 0 heterocycles. The Labute approximate surface area is 297 Å². The van der Waals surface area contributed by atoms with Gasteiger partial charge < -0.3 is 24.1 Å². The minimum atomic E-state index is -0.544. The van der Waals surface area contributed by atoms with E-state index in [1.807, 2.05) is 0 Å². The molecule has 0 spiro atoms. The summed E-state index contributed by atoms with van der Waals surface area (Å²) in [5.41, 5.74) is 0. The lowest BCUT2D eigenvalue weighted by Gasteiger charge is -2.18. The van der Waals surface area contributed by atoms with Crippen LogP contribution in [-0.2, 0) is 28.5 Å². The molecule has 7 heteroatoms. The van der Waals surface area contributed by atoms with Crippen molar-refractivity contribution in [2.24, 2.45) is 11.8 Å². The summed E-state index contributed by atoms with van der Waals surface area (Å²) in [6.45, 7) is 10.3. The zero-order chi connectivity index (χ0) is 35.3. The number of hydrogen-bond acceptors (Lipinski definition) is 7. The maximum absolute atomic E-state index is 12.4. The molecule has 7 nitrogen and oxygen atoms in total. The zero-order valence-corrected chi connectivity index (χ0v) is 32.3. The van der Waals surface area contributed by atoms with Crippen LogP contribution in [0.25, 0.3) is 0 Å². The van der Waals surface area contributed by atoms with Crippen LogP contribution >= 0.6 is 0 Å². The van der Waals surface area contributed by atoms with Crippen molar-refractivity contribution in [2.75, 3.05) is 39.6 Å². The first-order valence-electron chi connectivity index (χ1n) is 20.6. The molecule has 0 saturated heterocycles. The predicted octanol–water partition coefficient (Wildman–Crippen LogP) is 10.9. The second-order valence-corrected chi connectivity index (χ2v) is 14.2. The van der Waals surface area contributed by atoms with Crippen LogP contribution < -0.4 is 0 Å². The molecule has 3 atom stereocenters. The number of rotatable bonds is 38. The van der Waals surface area contributed by atoms with Gasteiger partial charge >= 0.3 is 11.9 Å². The molecule has 1 N–H and O–H groups in total. The van der Waals surface area contributed by atoms with Crippen LogP contribution in [0.5, 0.6) is 0 Å². The molecule has 48 heavy (non-hydrogen) atoms. The molecule has 0 saturated carbocycles. The van der Waals surface area contributed by atoms with Gasteiger partial charge in [0.05, 0.1) is 52.5 Å². The van der Waals surface area contributed by atoms with Crippen molar-refractivity contribution < 1.29 is 33.6 Å². The average Bonchev–Trinajstić information content (AvgIpc) is 3.09. The van der Waals surface area contributed by atoms with Gasteiger partial charge in [-0.2, -0.15) is 0 Å². The number of esters is 2. The molecule has 0 aliphatic rings. The van der Waals surface area contributed by atoms with E-state index in [0.29, 0.717) is 25.0 Å². The van der Waals surface area contributed by atoms with Gasteiger partial charge in [0.25, 0.3) is 0 Å². The van der Waals surface area contributed by atoms with Gasteiger partial charge in [-0.05, 0) is 37.5 Å². The van der Waals surface area contributed by atoms with E-state index in [-0.39, 0.29) is 51.2 Å². The lowest BCUT2D eigenvalue weighted by molar-refractivity contribution is -0.149. The highest BCUT2D eigenvalue weighted by Crippen LogP contribution is 2.21. The normalized spacial score (nSPS) is 13.4. The summed E-state index contributed by atoms with van der Waals surface area (Å²) in [6.07, 6.45) is 29.6. The number of aliphatic hydroxyl groups is 1. The van der Waals surface area contributed by atoms with Gasteiger partial charge in [0, 0.05) is 0 Å². The summed E-state index contributed by atoms with van der Waals surface area (Å²) in [5, 5.41) is 9.71. The van der Waals surface area contributed by atoms with E-state index < -0.39 is 6.10 Å². The number of carbonyl (C=O) groups is 2. The first-order chi connectivity index (χ1) is 23.5. The summed E-state index contributed by atoms with van der Waals surface area (Å²) in [7, 11) is 0. The van der Waals surface area contributed by atoms with Crippen molar-refractivity contribution in [3.63, 3.8) is 0 Å². The first-order valence-corrected chi connectivity index (χ1v) is 20.6. The number of carbonyl (C=O) groups excluding carboxylic acids is 2. The molecule has 0 bridgehead atoms. The van der Waals surface area contributed by atoms with Gasteiger partial charge in [-0.3, -0.25) is 9.59 Å². The van der Waals surface area contributed by atoms with E-state index in [2.05, 4.69) is 27.7 Å². The first kappa shape index (κ1) is 46.8. The molecule has 286 valence electrons. The molecule has 0 radical (unpaired) electrons. The Morgan fingerprint density at radius 2 is 0.833 bits per heavy atom. The highest BCUT2D eigenvalue weighted by Gasteiger charge is 2.15. The standard InChI is InChI=1S/C41H80O7/c1-5-9-13-16-18-20-24-27-37(25-21-12-8-4)34-47-40(43)29-31-45-36-39(33-42)46-32-30-41(44)48-35-38(26-22-15-11-7-3)28-23-19-17-14-10-6-2/h37-39,42H,5-36H2,1-4H3. The third-order valence-corrected chi connectivity index (χ3v) is 9.44. The highest BCUT2D eigenvalue weighted by atomic mass is 16.6. The molecule has 3 unspecified atom stereocenters. The van der Waals surface area contributed by atoms with Crippen molar-refractivity contribution in [1.82, 2.24) is 0 Å². The van der Waals surface area contributed by atoms with Gasteiger partial charge in [0.15, 0.2) is 0 Å². The van der Waals surface area contributed by atoms with Crippen LogP contribution in [0.1, 0.15) is 195 Å². The minimum Gasteiger partial charge on any atom is -0.465 e. The van der Waals surface area contributed by atoms with Gasteiger partial charge in [-0.25, -0.2) is 0 Å². The molecule has 0 aromatic heterocycles. The number of ether oxygens (including phenoxy) is 4. The van der Waals surface area contributed by atoms with Crippen LogP contribution in [0.3, 0.4) is 0 Å². The van der Waals surface area contributed by atoms with Crippen LogP contribution in [0.2, 0.25) is 0 Å². The molecule has 0 amide bonds. The van der Waals surface area contributed by atoms with Crippen molar-refractivity contribution in [1.29, 1.82) is 0 Å². The number of hydrogen-bond donors (Lipinski definition) is 1. The fraction of sp³-hybridized carbons (Fsp3) is 0.951. The lowest BCUT2D eigenvalue weighted by Crippen LogP contribution is -2.26. The molecule has 0 aliphatic carbocycles. The summed E-state index contributed by atoms with van der Waals surface area (Å²) >= 11 is 0. The second kappa shape index (κ2) is 37.1. The topological polar surface area (TPSA) is 91.3 Å². The van der Waals surface area contributed by atoms with Crippen molar-refractivity contribution in [3.8, 4) is 0 Å². The molecule has 0 rings (SSSR count). The lowest BCUT2D eigenvalue weighted by atomic mass is 9.95. The van der Waals surface area contributed by atoms with Crippen molar-refractivity contribution >= 4 is 11.9 Å². The van der Waals surface area contributed by atoms with Gasteiger partial charge in [0.2, 0.25) is 0 Å². The summed E-state index contributed by atoms with van der Waals surface area (Å²) in [4.78, 5) is 24.8. The smallest absolute Gasteiger partial charge is 0.308 e. The Morgan fingerprint density at radius 3 is 1.27 bits per heavy atom. The molecular weight excluding hydrogens is 604 g/mol. The van der Waals surface area contributed by atoms with Crippen molar-refractivity contribution in [2.45, 2.75) is 201 Å². The third kappa shape index (κ3) is 32.0. The molecular formula is C41H80O7. The fourth-order valence-electron chi connectivity index (χ4n) is 6.17. The van der Waals surface area contributed by atoms with E-state index >= 15 is 0 Å². The highest BCUT2D eigenvalue weighted by molar-refractivity contribution is 5.69. The molecule has 0 aromatic rings. The quantitative estimate of drug-likeness (QED) is 0.0511. The Bertz CT molecular complexity index is 686. The third-order valence-electron chi connectivity index (χ3n) is 9.44. The van der Waals surface area contributed by atoms with Gasteiger partial charge in [0.1, 0.15) is 6.10 Å². The van der Waals surface area contributed by atoms with E-state index in [1.165, 1.54) is 128 Å². The fourth-order valence-corrected chi connectivity index (χ4v) is 6.17. The largest absolute Gasteiger partial charge is 0.465 e. The van der Waals surface area contributed by atoms with E-state index in [9.17, 15) is 14.7 Å². The molecule has 0 aromatic carbocycles. The Kier molecular flexibility index (Phi) is 36.2. The van der Waals surface area contributed by atoms with Crippen molar-refractivity contribution in [3.05, 3.63) is 0 Å². The van der Waals surface area contributed by atoms with E-state index in [1.54, 1.807) is 0 Å². The zero-order valence-electron chi connectivity index (χ0n) is 32.3.